The van der Waals surface area contributed by atoms with Crippen LogP contribution < -0.4 is 0 Å². The SMILES string of the molecule is CC1(C)CC2(CC(C)(C)c3ccc(C(=O)Cl)cc32)c2cc(C(=O)Cl)ccc21. The molecule has 4 rings (SSSR count). The molecule has 0 unspecified atom stereocenters. The van der Waals surface area contributed by atoms with Crippen LogP contribution in [0.3, 0.4) is 0 Å². The van der Waals surface area contributed by atoms with E-state index in [1.165, 1.54) is 11.1 Å². The molecule has 0 aromatic heterocycles. The lowest BCUT2D eigenvalue weighted by atomic mass is 9.72. The van der Waals surface area contributed by atoms with Crippen LogP contribution in [0.2, 0.25) is 0 Å². The lowest BCUT2D eigenvalue weighted by Gasteiger charge is -2.30. The monoisotopic (exact) mass is 400 g/mol. The minimum Gasteiger partial charge on any atom is -0.276 e. The summed E-state index contributed by atoms with van der Waals surface area (Å²) in [5.41, 5.74) is 5.51. The van der Waals surface area contributed by atoms with Crippen LogP contribution in [0.4, 0.5) is 0 Å². The Hall–Kier alpha value is -1.64. The maximum Gasteiger partial charge on any atom is 0.252 e. The zero-order valence-electron chi connectivity index (χ0n) is 16.0. The standard InChI is InChI=1S/C23H22Cl2O2/c1-21(2)11-23(17-9-13(19(24)26)5-7-15(17)21)12-22(3,4)16-8-6-14(20(25)27)10-18(16)23/h5-10H,11-12H2,1-4H3. The van der Waals surface area contributed by atoms with Gasteiger partial charge < -0.3 is 0 Å². The molecule has 0 atom stereocenters. The summed E-state index contributed by atoms with van der Waals surface area (Å²) in [6.07, 6.45) is 1.84. The maximum absolute atomic E-state index is 11.8. The summed E-state index contributed by atoms with van der Waals surface area (Å²) in [6, 6.07) is 11.6. The van der Waals surface area contributed by atoms with Crippen molar-refractivity contribution in [3.63, 3.8) is 0 Å². The van der Waals surface area contributed by atoms with Crippen molar-refractivity contribution in [3.05, 3.63) is 69.8 Å². The van der Waals surface area contributed by atoms with E-state index in [0.29, 0.717) is 11.1 Å². The summed E-state index contributed by atoms with van der Waals surface area (Å²) in [7, 11) is 0. The van der Waals surface area contributed by atoms with Crippen LogP contribution in [0.25, 0.3) is 0 Å². The summed E-state index contributed by atoms with van der Waals surface area (Å²) in [6.45, 7) is 8.96. The van der Waals surface area contributed by atoms with Gasteiger partial charge in [0.05, 0.1) is 0 Å². The number of halogens is 2. The van der Waals surface area contributed by atoms with Crippen LogP contribution in [0.1, 0.15) is 83.5 Å². The molecule has 0 bridgehead atoms. The Balaban J connectivity index is 2.04. The van der Waals surface area contributed by atoms with E-state index in [4.69, 9.17) is 23.2 Å². The van der Waals surface area contributed by atoms with Crippen LogP contribution >= 0.6 is 23.2 Å². The molecule has 2 nitrogen and oxygen atoms in total. The summed E-state index contributed by atoms with van der Waals surface area (Å²) >= 11 is 11.6. The summed E-state index contributed by atoms with van der Waals surface area (Å²) in [5.74, 6) is 0. The molecule has 0 amide bonds. The van der Waals surface area contributed by atoms with Gasteiger partial charge in [-0.2, -0.15) is 0 Å². The molecule has 4 heteroatoms. The molecule has 0 heterocycles. The Kier molecular flexibility index (Phi) is 3.94. The molecule has 0 saturated carbocycles. The number of rotatable bonds is 2. The molecule has 1 spiro atoms. The maximum atomic E-state index is 11.8. The second-order valence-corrected chi connectivity index (χ2v) is 9.96. The number of benzene rings is 2. The number of carbonyl (C=O) groups excluding carboxylic acids is 2. The Bertz CT molecular complexity index is 920. The van der Waals surface area contributed by atoms with E-state index in [9.17, 15) is 9.59 Å². The van der Waals surface area contributed by atoms with Crippen molar-refractivity contribution in [3.8, 4) is 0 Å². The molecule has 0 aliphatic heterocycles. The van der Waals surface area contributed by atoms with Crippen molar-refractivity contribution in [2.24, 2.45) is 0 Å². The molecule has 2 aromatic carbocycles. The molecule has 0 fully saturated rings. The average molecular weight is 401 g/mol. The van der Waals surface area contributed by atoms with Crippen LogP contribution in [-0.2, 0) is 16.2 Å². The summed E-state index contributed by atoms with van der Waals surface area (Å²) in [5, 5.41) is -0.889. The third kappa shape index (κ3) is 2.61. The Labute approximate surface area is 169 Å². The largest absolute Gasteiger partial charge is 0.276 e. The topological polar surface area (TPSA) is 34.1 Å². The predicted octanol–water partition coefficient (Wildman–Crippen LogP) is 6.09. The highest BCUT2D eigenvalue weighted by Crippen LogP contribution is 2.62. The first-order valence-corrected chi connectivity index (χ1v) is 9.93. The minimum atomic E-state index is -0.445. The molecule has 0 radical (unpaired) electrons. The van der Waals surface area contributed by atoms with Gasteiger partial charge in [0.15, 0.2) is 0 Å². The average Bonchev–Trinajstić information content (AvgIpc) is 2.94. The molecule has 27 heavy (non-hydrogen) atoms. The van der Waals surface area contributed by atoms with E-state index in [0.717, 1.165) is 24.0 Å². The molecule has 2 aliphatic carbocycles. The van der Waals surface area contributed by atoms with Crippen molar-refractivity contribution in [1.82, 2.24) is 0 Å². The van der Waals surface area contributed by atoms with Crippen molar-refractivity contribution in [1.29, 1.82) is 0 Å². The van der Waals surface area contributed by atoms with E-state index in [1.807, 2.05) is 36.4 Å². The highest BCUT2D eigenvalue weighted by Gasteiger charge is 2.56. The fourth-order valence-electron chi connectivity index (χ4n) is 5.59. The van der Waals surface area contributed by atoms with Gasteiger partial charge in [-0.15, -0.1) is 0 Å². The van der Waals surface area contributed by atoms with E-state index in [-0.39, 0.29) is 16.2 Å². The number of hydrogen-bond acceptors (Lipinski definition) is 2. The van der Waals surface area contributed by atoms with Crippen LogP contribution in [-0.4, -0.2) is 10.5 Å². The third-order valence-electron chi connectivity index (χ3n) is 6.47. The normalized spacial score (nSPS) is 20.4. The van der Waals surface area contributed by atoms with Crippen LogP contribution in [0, 0.1) is 0 Å². The highest BCUT2D eigenvalue weighted by molar-refractivity contribution is 6.68. The molecule has 2 aliphatic rings. The summed E-state index contributed by atoms with van der Waals surface area (Å²) in [4.78, 5) is 23.7. The van der Waals surface area contributed by atoms with Gasteiger partial charge in [-0.25, -0.2) is 0 Å². The van der Waals surface area contributed by atoms with E-state index < -0.39 is 10.5 Å². The van der Waals surface area contributed by atoms with Gasteiger partial charge in [-0.05, 0) is 93.4 Å². The molecular weight excluding hydrogens is 379 g/mol. The molecular formula is C23H22Cl2O2. The Morgan fingerprint density at radius 1 is 0.704 bits per heavy atom. The van der Waals surface area contributed by atoms with E-state index >= 15 is 0 Å². The van der Waals surface area contributed by atoms with Gasteiger partial charge in [-0.1, -0.05) is 39.8 Å². The first kappa shape index (κ1) is 18.7. The lowest BCUT2D eigenvalue weighted by Crippen LogP contribution is -2.27. The van der Waals surface area contributed by atoms with E-state index in [2.05, 4.69) is 27.7 Å². The first-order chi connectivity index (χ1) is 12.5. The van der Waals surface area contributed by atoms with Gasteiger partial charge in [0.2, 0.25) is 0 Å². The highest BCUT2D eigenvalue weighted by atomic mass is 35.5. The zero-order valence-corrected chi connectivity index (χ0v) is 17.5. The van der Waals surface area contributed by atoms with Gasteiger partial charge in [0.1, 0.15) is 0 Å². The van der Waals surface area contributed by atoms with Crippen molar-refractivity contribution >= 4 is 33.7 Å². The molecule has 0 saturated heterocycles. The molecule has 2 aromatic rings. The molecule has 0 N–H and O–H groups in total. The number of fused-ring (bicyclic) bond motifs is 4. The van der Waals surface area contributed by atoms with Crippen molar-refractivity contribution < 1.29 is 9.59 Å². The van der Waals surface area contributed by atoms with E-state index in [1.54, 1.807) is 0 Å². The Morgan fingerprint density at radius 2 is 1.07 bits per heavy atom. The quantitative estimate of drug-likeness (QED) is 0.571. The second kappa shape index (κ2) is 5.68. The summed E-state index contributed by atoms with van der Waals surface area (Å²) < 4.78 is 0. The van der Waals surface area contributed by atoms with Crippen LogP contribution in [0.15, 0.2) is 36.4 Å². The van der Waals surface area contributed by atoms with Crippen LogP contribution in [0.5, 0.6) is 0 Å². The first-order valence-electron chi connectivity index (χ1n) is 9.18. The minimum absolute atomic E-state index is 0.0398. The fraction of sp³-hybridized carbons (Fsp3) is 0.391. The molecule has 140 valence electrons. The van der Waals surface area contributed by atoms with Crippen molar-refractivity contribution in [2.45, 2.75) is 56.8 Å². The number of hydrogen-bond donors (Lipinski definition) is 0. The third-order valence-corrected chi connectivity index (χ3v) is 6.91. The van der Waals surface area contributed by atoms with Gasteiger partial charge >= 0.3 is 0 Å². The predicted molar refractivity (Wildman–Crippen MR) is 109 cm³/mol. The van der Waals surface area contributed by atoms with Gasteiger partial charge in [0.25, 0.3) is 10.5 Å². The lowest BCUT2D eigenvalue weighted by molar-refractivity contribution is 0.107. The van der Waals surface area contributed by atoms with Gasteiger partial charge in [0, 0.05) is 16.5 Å². The fourth-order valence-corrected chi connectivity index (χ4v) is 5.83. The smallest absolute Gasteiger partial charge is 0.252 e. The van der Waals surface area contributed by atoms with Crippen molar-refractivity contribution in [2.75, 3.05) is 0 Å². The number of carbonyl (C=O) groups is 2. The van der Waals surface area contributed by atoms with Gasteiger partial charge in [-0.3, -0.25) is 9.59 Å². The Morgan fingerprint density at radius 3 is 1.41 bits per heavy atom. The second-order valence-electron chi connectivity index (χ2n) is 9.27. The zero-order chi connectivity index (χ0) is 19.8.